The van der Waals surface area contributed by atoms with Crippen LogP contribution in [-0.2, 0) is 6.42 Å². The van der Waals surface area contributed by atoms with Crippen LogP contribution in [0.15, 0.2) is 4.42 Å². The molecule has 1 aliphatic carbocycles. The SMILES string of the molecule is Cc1oc(CC2CCC2)nc1C(=O)O. The van der Waals surface area contributed by atoms with Gasteiger partial charge in [-0.25, -0.2) is 9.78 Å². The topological polar surface area (TPSA) is 63.3 Å². The molecule has 1 N–H and O–H groups in total. The number of nitrogens with zero attached hydrogens (tertiary/aromatic N) is 1. The van der Waals surface area contributed by atoms with Crippen molar-refractivity contribution in [3.63, 3.8) is 0 Å². The molecule has 0 bridgehead atoms. The van der Waals surface area contributed by atoms with E-state index in [2.05, 4.69) is 4.98 Å². The van der Waals surface area contributed by atoms with E-state index in [1.54, 1.807) is 6.92 Å². The smallest absolute Gasteiger partial charge is 0.358 e. The number of aromatic nitrogens is 1. The van der Waals surface area contributed by atoms with Crippen molar-refractivity contribution in [2.75, 3.05) is 0 Å². The van der Waals surface area contributed by atoms with Gasteiger partial charge in [0.2, 0.25) is 0 Å². The lowest BCUT2D eigenvalue weighted by atomic mass is 9.83. The first kappa shape index (κ1) is 9.24. The van der Waals surface area contributed by atoms with E-state index in [9.17, 15) is 4.79 Å². The molecule has 76 valence electrons. The summed E-state index contributed by atoms with van der Waals surface area (Å²) in [6.45, 7) is 1.64. The molecule has 14 heavy (non-hydrogen) atoms. The third-order valence-corrected chi connectivity index (χ3v) is 2.73. The van der Waals surface area contributed by atoms with Crippen LogP contribution in [0.3, 0.4) is 0 Å². The van der Waals surface area contributed by atoms with Crippen molar-refractivity contribution in [2.24, 2.45) is 5.92 Å². The Kier molecular flexibility index (Phi) is 2.27. The second-order valence-electron chi connectivity index (χ2n) is 3.82. The molecule has 0 saturated heterocycles. The molecule has 2 rings (SSSR count). The Hall–Kier alpha value is -1.32. The maximum Gasteiger partial charge on any atom is 0.358 e. The highest BCUT2D eigenvalue weighted by Crippen LogP contribution is 2.29. The van der Waals surface area contributed by atoms with E-state index in [4.69, 9.17) is 9.52 Å². The number of carboxylic acid groups (broad SMARTS) is 1. The number of aryl methyl sites for hydroxylation is 1. The monoisotopic (exact) mass is 195 g/mol. The number of oxazole rings is 1. The molecule has 1 aromatic rings. The first-order valence-corrected chi connectivity index (χ1v) is 4.86. The van der Waals surface area contributed by atoms with Gasteiger partial charge in [-0.15, -0.1) is 0 Å². The number of carbonyl (C=O) groups is 1. The summed E-state index contributed by atoms with van der Waals surface area (Å²) in [4.78, 5) is 14.6. The first-order valence-electron chi connectivity index (χ1n) is 4.86. The Morgan fingerprint density at radius 2 is 2.36 bits per heavy atom. The number of hydrogen-bond donors (Lipinski definition) is 1. The molecular formula is C10H13NO3. The van der Waals surface area contributed by atoms with Crippen molar-refractivity contribution in [1.29, 1.82) is 0 Å². The van der Waals surface area contributed by atoms with Gasteiger partial charge < -0.3 is 9.52 Å². The second-order valence-corrected chi connectivity index (χ2v) is 3.82. The number of carboxylic acids is 1. The van der Waals surface area contributed by atoms with Gasteiger partial charge in [0, 0.05) is 6.42 Å². The van der Waals surface area contributed by atoms with E-state index >= 15 is 0 Å². The lowest BCUT2D eigenvalue weighted by Gasteiger charge is -2.23. The average molecular weight is 195 g/mol. The van der Waals surface area contributed by atoms with Crippen LogP contribution >= 0.6 is 0 Å². The highest BCUT2D eigenvalue weighted by molar-refractivity contribution is 5.86. The Bertz CT molecular complexity index is 352. The van der Waals surface area contributed by atoms with Gasteiger partial charge in [-0.3, -0.25) is 0 Å². The Labute approximate surface area is 81.9 Å². The third kappa shape index (κ3) is 1.64. The predicted molar refractivity (Wildman–Crippen MR) is 49.2 cm³/mol. The second kappa shape index (κ2) is 3.44. The molecule has 1 heterocycles. The van der Waals surface area contributed by atoms with E-state index in [1.165, 1.54) is 19.3 Å². The maximum absolute atomic E-state index is 10.7. The normalized spacial score (nSPS) is 16.6. The van der Waals surface area contributed by atoms with Gasteiger partial charge in [-0.1, -0.05) is 6.42 Å². The summed E-state index contributed by atoms with van der Waals surface area (Å²) in [5.41, 5.74) is 0.0549. The summed E-state index contributed by atoms with van der Waals surface area (Å²) < 4.78 is 5.29. The largest absolute Gasteiger partial charge is 0.476 e. The molecule has 4 nitrogen and oxygen atoms in total. The Balaban J connectivity index is 2.10. The minimum Gasteiger partial charge on any atom is -0.476 e. The zero-order valence-corrected chi connectivity index (χ0v) is 8.12. The van der Waals surface area contributed by atoms with Gasteiger partial charge in [0.15, 0.2) is 11.6 Å². The molecule has 1 saturated carbocycles. The summed E-state index contributed by atoms with van der Waals surface area (Å²) in [5, 5.41) is 8.76. The van der Waals surface area contributed by atoms with Gasteiger partial charge in [-0.2, -0.15) is 0 Å². The van der Waals surface area contributed by atoms with E-state index in [1.807, 2.05) is 0 Å². The molecule has 1 aliphatic rings. The molecule has 1 aromatic heterocycles. The van der Waals surface area contributed by atoms with Gasteiger partial charge in [0.25, 0.3) is 0 Å². The molecule has 0 spiro atoms. The maximum atomic E-state index is 10.7. The van der Waals surface area contributed by atoms with E-state index < -0.39 is 5.97 Å². The molecular weight excluding hydrogens is 182 g/mol. The summed E-state index contributed by atoms with van der Waals surface area (Å²) in [5.74, 6) is 0.622. The van der Waals surface area contributed by atoms with E-state index in [0.29, 0.717) is 17.6 Å². The van der Waals surface area contributed by atoms with Gasteiger partial charge in [0.1, 0.15) is 5.76 Å². The van der Waals surface area contributed by atoms with Crippen LogP contribution < -0.4 is 0 Å². The molecule has 0 aliphatic heterocycles. The summed E-state index contributed by atoms with van der Waals surface area (Å²) >= 11 is 0. The fourth-order valence-corrected chi connectivity index (χ4v) is 1.68. The van der Waals surface area contributed by atoms with Crippen molar-refractivity contribution in [1.82, 2.24) is 4.98 Å². The molecule has 0 radical (unpaired) electrons. The summed E-state index contributed by atoms with van der Waals surface area (Å²) in [6, 6.07) is 0. The van der Waals surface area contributed by atoms with Crippen molar-refractivity contribution >= 4 is 5.97 Å². The van der Waals surface area contributed by atoms with Crippen LogP contribution in [0, 0.1) is 12.8 Å². The van der Waals surface area contributed by atoms with Crippen molar-refractivity contribution in [3.05, 3.63) is 17.3 Å². The highest BCUT2D eigenvalue weighted by atomic mass is 16.4. The molecule has 0 atom stereocenters. The lowest BCUT2D eigenvalue weighted by molar-refractivity contribution is 0.0689. The van der Waals surface area contributed by atoms with Crippen LogP contribution in [0.4, 0.5) is 0 Å². The number of rotatable bonds is 3. The lowest BCUT2D eigenvalue weighted by Crippen LogP contribution is -2.13. The minimum absolute atomic E-state index is 0.0549. The van der Waals surface area contributed by atoms with Crippen LogP contribution in [0.5, 0.6) is 0 Å². The van der Waals surface area contributed by atoms with Crippen molar-refractivity contribution < 1.29 is 14.3 Å². The van der Waals surface area contributed by atoms with Crippen LogP contribution in [0.2, 0.25) is 0 Å². The van der Waals surface area contributed by atoms with Gasteiger partial charge in [0.05, 0.1) is 0 Å². The molecule has 4 heteroatoms. The Morgan fingerprint density at radius 1 is 1.64 bits per heavy atom. The van der Waals surface area contributed by atoms with Crippen LogP contribution in [0.1, 0.15) is 41.4 Å². The number of aromatic carboxylic acids is 1. The molecule has 0 amide bonds. The summed E-state index contributed by atoms with van der Waals surface area (Å²) in [6.07, 6.45) is 4.48. The van der Waals surface area contributed by atoms with Crippen LogP contribution in [0.25, 0.3) is 0 Å². The predicted octanol–water partition coefficient (Wildman–Crippen LogP) is 2.02. The quantitative estimate of drug-likeness (QED) is 0.801. The van der Waals surface area contributed by atoms with Gasteiger partial charge >= 0.3 is 5.97 Å². The molecule has 0 aromatic carbocycles. The number of hydrogen-bond acceptors (Lipinski definition) is 3. The van der Waals surface area contributed by atoms with E-state index in [0.717, 1.165) is 6.42 Å². The zero-order valence-electron chi connectivity index (χ0n) is 8.12. The fraction of sp³-hybridized carbons (Fsp3) is 0.600. The third-order valence-electron chi connectivity index (χ3n) is 2.73. The van der Waals surface area contributed by atoms with Gasteiger partial charge in [-0.05, 0) is 25.7 Å². The fourth-order valence-electron chi connectivity index (χ4n) is 1.68. The Morgan fingerprint density at radius 3 is 2.79 bits per heavy atom. The minimum atomic E-state index is -1.01. The molecule has 1 fully saturated rings. The standard InChI is InChI=1S/C10H13NO3/c1-6-9(10(12)13)11-8(14-6)5-7-3-2-4-7/h7H,2-5H2,1H3,(H,12,13). The average Bonchev–Trinajstić information content (AvgIpc) is 2.39. The molecule has 0 unspecified atom stereocenters. The first-order chi connectivity index (χ1) is 6.66. The summed E-state index contributed by atoms with van der Waals surface area (Å²) in [7, 11) is 0. The van der Waals surface area contributed by atoms with Crippen molar-refractivity contribution in [2.45, 2.75) is 32.6 Å². The zero-order chi connectivity index (χ0) is 10.1. The van der Waals surface area contributed by atoms with E-state index in [-0.39, 0.29) is 5.69 Å². The van der Waals surface area contributed by atoms with Crippen LogP contribution in [-0.4, -0.2) is 16.1 Å². The highest BCUT2D eigenvalue weighted by Gasteiger charge is 2.22. The van der Waals surface area contributed by atoms with Crippen molar-refractivity contribution in [3.8, 4) is 0 Å².